The average Bonchev–Trinajstić information content (AvgIpc) is 2.82. The van der Waals surface area contributed by atoms with E-state index in [1.165, 1.54) is 5.56 Å². The van der Waals surface area contributed by atoms with Gasteiger partial charge in [-0.3, -0.25) is 9.59 Å². The van der Waals surface area contributed by atoms with Crippen LogP contribution in [0.1, 0.15) is 65.0 Å². The highest BCUT2D eigenvalue weighted by atomic mass is 16.5. The first-order valence-electron chi connectivity index (χ1n) is 12.1. The Morgan fingerprint density at radius 3 is 2.32 bits per heavy atom. The van der Waals surface area contributed by atoms with Crippen LogP contribution >= 0.6 is 0 Å². The third-order valence-corrected chi connectivity index (χ3v) is 5.79. The summed E-state index contributed by atoms with van der Waals surface area (Å²) in [6.07, 6.45) is 2.40. The Balaban J connectivity index is 2.18. The minimum Gasteiger partial charge on any atom is -0.497 e. The van der Waals surface area contributed by atoms with Gasteiger partial charge >= 0.3 is 0 Å². The number of rotatable bonds is 12. The molecule has 0 aliphatic heterocycles. The van der Waals surface area contributed by atoms with Crippen LogP contribution in [0, 0.1) is 0 Å². The fourth-order valence-corrected chi connectivity index (χ4v) is 3.67. The van der Waals surface area contributed by atoms with E-state index in [1.54, 1.807) is 12.0 Å². The molecule has 0 aliphatic carbocycles. The van der Waals surface area contributed by atoms with Gasteiger partial charge in [-0.25, -0.2) is 0 Å². The number of benzene rings is 2. The Hall–Kier alpha value is -3.02. The number of unbranched alkanes of at least 4 members (excludes halogenated alkanes) is 1. The zero-order chi connectivity index (χ0) is 25.1. The zero-order valence-corrected chi connectivity index (χ0v) is 21.5. The molecule has 6 nitrogen and oxygen atoms in total. The number of amides is 2. The molecule has 34 heavy (non-hydrogen) atoms. The van der Waals surface area contributed by atoms with Crippen LogP contribution in [0.2, 0.25) is 0 Å². The van der Waals surface area contributed by atoms with Crippen molar-refractivity contribution in [3.63, 3.8) is 0 Å². The summed E-state index contributed by atoms with van der Waals surface area (Å²) >= 11 is 0. The second kappa shape index (κ2) is 13.0. The number of nitrogens with one attached hydrogen (secondary N) is 1. The lowest BCUT2D eigenvalue weighted by Gasteiger charge is -2.30. The largest absolute Gasteiger partial charge is 0.497 e. The molecular formula is C28H40N2O4. The van der Waals surface area contributed by atoms with Crippen LogP contribution in [0.25, 0.3) is 0 Å². The Morgan fingerprint density at radius 1 is 1.03 bits per heavy atom. The minimum absolute atomic E-state index is 0.0430. The second-order valence-corrected chi connectivity index (χ2v) is 9.50. The molecule has 0 saturated carbocycles. The van der Waals surface area contributed by atoms with E-state index in [1.807, 2.05) is 55.5 Å². The summed E-state index contributed by atoms with van der Waals surface area (Å²) in [7, 11) is 1.61. The van der Waals surface area contributed by atoms with Gasteiger partial charge in [0.05, 0.1) is 7.11 Å². The van der Waals surface area contributed by atoms with Crippen molar-refractivity contribution in [3.8, 4) is 11.5 Å². The molecule has 2 amide bonds. The molecule has 6 heteroatoms. The molecular weight excluding hydrogens is 428 g/mol. The summed E-state index contributed by atoms with van der Waals surface area (Å²) in [5.41, 5.74) is 2.13. The number of ether oxygens (including phenoxy) is 2. The van der Waals surface area contributed by atoms with Crippen molar-refractivity contribution < 1.29 is 19.1 Å². The Labute approximate surface area is 204 Å². The molecule has 0 fully saturated rings. The van der Waals surface area contributed by atoms with E-state index in [0.29, 0.717) is 31.0 Å². The lowest BCUT2D eigenvalue weighted by Crippen LogP contribution is -2.50. The van der Waals surface area contributed by atoms with Gasteiger partial charge in [-0.15, -0.1) is 0 Å². The minimum atomic E-state index is -0.581. The first kappa shape index (κ1) is 27.2. The molecule has 0 bridgehead atoms. The van der Waals surface area contributed by atoms with Crippen LogP contribution in [0.4, 0.5) is 0 Å². The third kappa shape index (κ3) is 8.08. The summed E-state index contributed by atoms with van der Waals surface area (Å²) in [4.78, 5) is 27.9. The SMILES string of the molecule is CCCCNC(=O)[C@@H](CC)N(Cc1cccc(OC)c1)C(=O)COc1ccc(C(C)(C)C)cc1. The second-order valence-electron chi connectivity index (χ2n) is 9.50. The van der Waals surface area contributed by atoms with E-state index < -0.39 is 6.04 Å². The van der Waals surface area contributed by atoms with E-state index in [0.717, 1.165) is 18.4 Å². The van der Waals surface area contributed by atoms with E-state index in [9.17, 15) is 9.59 Å². The van der Waals surface area contributed by atoms with Gasteiger partial charge in [0.2, 0.25) is 5.91 Å². The van der Waals surface area contributed by atoms with E-state index in [2.05, 4.69) is 33.0 Å². The topological polar surface area (TPSA) is 67.9 Å². The number of nitrogens with zero attached hydrogens (tertiary/aromatic N) is 1. The maximum absolute atomic E-state index is 13.3. The van der Waals surface area contributed by atoms with Crippen LogP contribution in [-0.2, 0) is 21.5 Å². The molecule has 2 aromatic carbocycles. The molecule has 2 aromatic rings. The van der Waals surface area contributed by atoms with Gasteiger partial charge in [-0.2, -0.15) is 0 Å². The highest BCUT2D eigenvalue weighted by molar-refractivity contribution is 5.88. The molecule has 0 aromatic heterocycles. The van der Waals surface area contributed by atoms with Crippen molar-refractivity contribution in [1.82, 2.24) is 10.2 Å². The lowest BCUT2D eigenvalue weighted by atomic mass is 9.87. The highest BCUT2D eigenvalue weighted by Crippen LogP contribution is 2.24. The first-order chi connectivity index (χ1) is 16.2. The Bertz CT molecular complexity index is 919. The van der Waals surface area contributed by atoms with Crippen molar-refractivity contribution in [2.45, 2.75) is 71.9 Å². The predicted molar refractivity (Wildman–Crippen MR) is 136 cm³/mol. The standard InChI is InChI=1S/C28H40N2O4/c1-7-9-17-29-27(32)25(8-2)30(19-21-11-10-12-24(18-21)33-6)26(31)20-34-23-15-13-22(14-16-23)28(3,4)5/h10-16,18,25H,7-9,17,19-20H2,1-6H3,(H,29,32)/t25-/m1/s1. The van der Waals surface area contributed by atoms with Gasteiger partial charge in [-0.1, -0.05) is 65.3 Å². The van der Waals surface area contributed by atoms with Crippen LogP contribution in [-0.4, -0.2) is 43.0 Å². The van der Waals surface area contributed by atoms with Gasteiger partial charge in [0, 0.05) is 13.1 Å². The van der Waals surface area contributed by atoms with Crippen molar-refractivity contribution in [2.24, 2.45) is 0 Å². The molecule has 0 saturated heterocycles. The number of hydrogen-bond acceptors (Lipinski definition) is 4. The van der Waals surface area contributed by atoms with Gasteiger partial charge in [0.25, 0.3) is 5.91 Å². The number of methoxy groups -OCH3 is 1. The number of carbonyl (C=O) groups excluding carboxylic acids is 2. The highest BCUT2D eigenvalue weighted by Gasteiger charge is 2.29. The summed E-state index contributed by atoms with van der Waals surface area (Å²) in [6, 6.07) is 14.8. The van der Waals surface area contributed by atoms with Gasteiger partial charge < -0.3 is 19.7 Å². The fraction of sp³-hybridized carbons (Fsp3) is 0.500. The van der Waals surface area contributed by atoms with Crippen molar-refractivity contribution in [1.29, 1.82) is 0 Å². The van der Waals surface area contributed by atoms with Gasteiger partial charge in [-0.05, 0) is 53.6 Å². The maximum atomic E-state index is 13.3. The molecule has 0 unspecified atom stereocenters. The molecule has 2 rings (SSSR count). The van der Waals surface area contributed by atoms with Gasteiger partial charge in [0.1, 0.15) is 17.5 Å². The summed E-state index contributed by atoms with van der Waals surface area (Å²) < 4.78 is 11.2. The first-order valence-corrected chi connectivity index (χ1v) is 12.1. The maximum Gasteiger partial charge on any atom is 0.261 e. The smallest absolute Gasteiger partial charge is 0.261 e. The van der Waals surface area contributed by atoms with Gasteiger partial charge in [0.15, 0.2) is 6.61 Å². The Kier molecular flexibility index (Phi) is 10.4. The molecule has 1 N–H and O–H groups in total. The molecule has 0 heterocycles. The molecule has 0 spiro atoms. The average molecular weight is 469 g/mol. The summed E-state index contributed by atoms with van der Waals surface area (Å²) in [5, 5.41) is 2.97. The van der Waals surface area contributed by atoms with Crippen LogP contribution < -0.4 is 14.8 Å². The van der Waals surface area contributed by atoms with Crippen LogP contribution in [0.15, 0.2) is 48.5 Å². The summed E-state index contributed by atoms with van der Waals surface area (Å²) in [5.74, 6) is 0.964. The van der Waals surface area contributed by atoms with Crippen LogP contribution in [0.3, 0.4) is 0 Å². The molecule has 1 atom stereocenters. The zero-order valence-electron chi connectivity index (χ0n) is 21.5. The van der Waals surface area contributed by atoms with Crippen molar-refractivity contribution >= 4 is 11.8 Å². The van der Waals surface area contributed by atoms with Crippen molar-refractivity contribution in [3.05, 3.63) is 59.7 Å². The quantitative estimate of drug-likeness (QED) is 0.440. The number of hydrogen-bond donors (Lipinski definition) is 1. The lowest BCUT2D eigenvalue weighted by molar-refractivity contribution is -0.143. The van der Waals surface area contributed by atoms with Crippen LogP contribution in [0.5, 0.6) is 11.5 Å². The summed E-state index contributed by atoms with van der Waals surface area (Å²) in [6.45, 7) is 11.2. The third-order valence-electron chi connectivity index (χ3n) is 5.79. The normalized spacial score (nSPS) is 12.1. The molecule has 0 aliphatic rings. The van der Waals surface area contributed by atoms with E-state index >= 15 is 0 Å². The monoisotopic (exact) mass is 468 g/mol. The molecule has 186 valence electrons. The Morgan fingerprint density at radius 2 is 1.74 bits per heavy atom. The number of carbonyl (C=O) groups is 2. The predicted octanol–water partition coefficient (Wildman–Crippen LogP) is 5.10. The van der Waals surface area contributed by atoms with E-state index in [4.69, 9.17) is 9.47 Å². The fourth-order valence-electron chi connectivity index (χ4n) is 3.67. The molecule has 0 radical (unpaired) electrons. The van der Waals surface area contributed by atoms with E-state index in [-0.39, 0.29) is 23.8 Å². The van der Waals surface area contributed by atoms with Crippen molar-refractivity contribution in [2.75, 3.05) is 20.3 Å².